The van der Waals surface area contributed by atoms with Crippen molar-refractivity contribution < 1.29 is 28.7 Å². The molecule has 0 radical (unpaired) electrons. The lowest BCUT2D eigenvalue weighted by Crippen LogP contribution is -1.71. The standard InChI is InChI=1S/C6H7NS.2HO3P/c1-8-6-4-2-3-5-7-6;2*1-4(2)3/h2-5H,1H3;2*(H-,1,2,3)/p+2. The molecule has 16 heavy (non-hydrogen) atoms. The maximum atomic E-state index is 8.70. The van der Waals surface area contributed by atoms with Crippen molar-refractivity contribution in [3.05, 3.63) is 24.4 Å². The zero-order valence-corrected chi connectivity index (χ0v) is 10.8. The molecule has 0 unspecified atom stereocenters. The molecule has 0 aromatic carbocycles. The van der Waals surface area contributed by atoms with Crippen molar-refractivity contribution in [2.24, 2.45) is 0 Å². The predicted molar refractivity (Wildman–Crippen MR) is 60.1 cm³/mol. The molecule has 0 bridgehead atoms. The van der Waals surface area contributed by atoms with Crippen LogP contribution in [0.5, 0.6) is 0 Å². The van der Waals surface area contributed by atoms with Crippen LogP contribution in [0.25, 0.3) is 0 Å². The molecule has 1 heterocycles. The van der Waals surface area contributed by atoms with Gasteiger partial charge in [-0.05, 0) is 18.4 Å². The van der Waals surface area contributed by atoms with Crippen LogP contribution in [0.4, 0.5) is 0 Å². The Morgan fingerprint density at radius 2 is 1.56 bits per heavy atom. The second kappa shape index (κ2) is 12.6. The maximum absolute atomic E-state index is 8.70. The Morgan fingerprint density at radius 1 is 1.12 bits per heavy atom. The van der Waals surface area contributed by atoms with Gasteiger partial charge in [0.05, 0.1) is 5.03 Å². The zero-order valence-electron chi connectivity index (χ0n) is 8.16. The largest absolute Gasteiger partial charge is 0.692 e. The first-order valence-corrected chi connectivity index (χ1v) is 7.10. The number of nitrogens with zero attached hydrogens (tertiary/aromatic N) is 1. The van der Waals surface area contributed by atoms with Gasteiger partial charge in [-0.2, -0.15) is 0 Å². The molecule has 90 valence electrons. The Morgan fingerprint density at radius 3 is 1.75 bits per heavy atom. The smallest absolute Gasteiger partial charge is 0.250 e. The molecule has 0 aliphatic carbocycles. The lowest BCUT2D eigenvalue weighted by atomic mass is 10.5. The average molecular weight is 287 g/mol. The fourth-order valence-electron chi connectivity index (χ4n) is 0.468. The van der Waals surface area contributed by atoms with E-state index in [0.29, 0.717) is 0 Å². The number of aromatic nitrogens is 1. The quantitative estimate of drug-likeness (QED) is 0.446. The number of hydrogen-bond acceptors (Lipinski definition) is 4. The van der Waals surface area contributed by atoms with Gasteiger partial charge in [-0.25, -0.2) is 4.98 Å². The monoisotopic (exact) mass is 287 g/mol. The molecule has 0 saturated heterocycles. The molecule has 0 atom stereocenters. The van der Waals surface area contributed by atoms with Crippen LogP contribution in [0.1, 0.15) is 0 Å². The van der Waals surface area contributed by atoms with E-state index in [9.17, 15) is 0 Å². The molecule has 0 spiro atoms. The van der Waals surface area contributed by atoms with Crippen molar-refractivity contribution in [3.8, 4) is 0 Å². The van der Waals surface area contributed by atoms with Crippen LogP contribution in [-0.2, 0) is 9.13 Å². The molecule has 0 aliphatic heterocycles. The molecule has 0 amide bonds. The minimum absolute atomic E-state index is 1.08. The maximum Gasteiger partial charge on any atom is 0.692 e. The van der Waals surface area contributed by atoms with Crippen molar-refractivity contribution in [1.82, 2.24) is 4.98 Å². The summed E-state index contributed by atoms with van der Waals surface area (Å²) < 4.78 is 17.4. The summed E-state index contributed by atoms with van der Waals surface area (Å²) in [5.74, 6) is 0. The highest BCUT2D eigenvalue weighted by atomic mass is 32.2. The first-order chi connectivity index (χ1) is 7.40. The third-order valence-electron chi connectivity index (χ3n) is 0.847. The van der Waals surface area contributed by atoms with Gasteiger partial charge >= 0.3 is 16.5 Å². The molecule has 7 nitrogen and oxygen atoms in total. The third kappa shape index (κ3) is 23.4. The first-order valence-electron chi connectivity index (χ1n) is 3.55. The summed E-state index contributed by atoms with van der Waals surface area (Å²) in [4.78, 5) is 32.5. The molecule has 1 aromatic heterocycles. The van der Waals surface area contributed by atoms with Gasteiger partial charge in [0.1, 0.15) is 0 Å². The summed E-state index contributed by atoms with van der Waals surface area (Å²) in [6, 6.07) is 5.89. The van der Waals surface area contributed by atoms with Crippen LogP contribution in [0, 0.1) is 0 Å². The van der Waals surface area contributed by atoms with Crippen LogP contribution in [-0.4, -0.2) is 30.8 Å². The van der Waals surface area contributed by atoms with Gasteiger partial charge in [-0.15, -0.1) is 31.3 Å². The van der Waals surface area contributed by atoms with Gasteiger partial charge in [-0.3, -0.25) is 0 Å². The van der Waals surface area contributed by atoms with Crippen LogP contribution in [0.2, 0.25) is 0 Å². The first kappa shape index (κ1) is 17.9. The van der Waals surface area contributed by atoms with Crippen molar-refractivity contribution in [1.29, 1.82) is 0 Å². The zero-order chi connectivity index (χ0) is 13.0. The average Bonchev–Trinajstić information content (AvgIpc) is 2.17. The van der Waals surface area contributed by atoms with Crippen molar-refractivity contribution in [2.45, 2.75) is 5.03 Å². The van der Waals surface area contributed by atoms with Crippen LogP contribution >= 0.6 is 28.3 Å². The van der Waals surface area contributed by atoms with E-state index < -0.39 is 16.5 Å². The van der Waals surface area contributed by atoms with Gasteiger partial charge in [0.15, 0.2) is 0 Å². The Kier molecular flexibility index (Phi) is 14.1. The van der Waals surface area contributed by atoms with E-state index in [1.807, 2.05) is 24.5 Å². The fourth-order valence-corrected chi connectivity index (χ4v) is 0.849. The van der Waals surface area contributed by atoms with E-state index in [2.05, 4.69) is 4.98 Å². The summed E-state index contributed by atoms with van der Waals surface area (Å²) in [7, 11) is -5.74. The topological polar surface area (TPSA) is 128 Å². The Labute approximate surface area is 98.1 Å². The molecular formula is C6H11NO6P2S+2. The summed E-state index contributed by atoms with van der Waals surface area (Å²) in [6.07, 6.45) is 3.81. The molecule has 1 aromatic rings. The van der Waals surface area contributed by atoms with E-state index in [0.717, 1.165) is 5.03 Å². The van der Waals surface area contributed by atoms with E-state index in [1.165, 1.54) is 0 Å². The fraction of sp³-hybridized carbons (Fsp3) is 0.167. The van der Waals surface area contributed by atoms with Crippen LogP contribution in [0.15, 0.2) is 29.4 Å². The van der Waals surface area contributed by atoms with Crippen molar-refractivity contribution in [2.75, 3.05) is 6.26 Å². The number of hydrogen-bond donors (Lipinski definition) is 4. The molecule has 10 heteroatoms. The summed E-state index contributed by atoms with van der Waals surface area (Å²) in [6.45, 7) is 0. The van der Waals surface area contributed by atoms with Gasteiger partial charge in [0, 0.05) is 15.3 Å². The molecule has 4 N–H and O–H groups in total. The lowest BCUT2D eigenvalue weighted by Gasteiger charge is -1.88. The van der Waals surface area contributed by atoms with E-state index in [4.69, 9.17) is 28.7 Å². The SMILES string of the molecule is CSc1ccccn1.O=[P+](O)O.O=[P+](O)O. The second-order valence-corrected chi connectivity index (χ2v) is 3.72. The van der Waals surface area contributed by atoms with Gasteiger partial charge < -0.3 is 0 Å². The minimum atomic E-state index is -2.87. The third-order valence-corrected chi connectivity index (χ3v) is 1.51. The van der Waals surface area contributed by atoms with Crippen LogP contribution < -0.4 is 0 Å². The Balaban J connectivity index is 0. The second-order valence-electron chi connectivity index (χ2n) is 1.88. The summed E-state index contributed by atoms with van der Waals surface area (Å²) >= 11 is 1.66. The van der Waals surface area contributed by atoms with Gasteiger partial charge in [-0.1, -0.05) is 6.07 Å². The highest BCUT2D eigenvalue weighted by Gasteiger charge is 1.93. The van der Waals surface area contributed by atoms with Crippen LogP contribution in [0.3, 0.4) is 0 Å². The van der Waals surface area contributed by atoms with Gasteiger partial charge in [0.25, 0.3) is 0 Å². The molecule has 0 aliphatic rings. The Bertz CT molecular complexity index is 291. The predicted octanol–water partition coefficient (Wildman–Crippen LogP) is 1.06. The molecule has 0 saturated carbocycles. The number of rotatable bonds is 1. The highest BCUT2D eigenvalue weighted by molar-refractivity contribution is 7.98. The van der Waals surface area contributed by atoms with Crippen molar-refractivity contribution >= 4 is 28.3 Å². The summed E-state index contributed by atoms with van der Waals surface area (Å²) in [5, 5.41) is 1.08. The highest BCUT2D eigenvalue weighted by Crippen LogP contribution is 2.07. The van der Waals surface area contributed by atoms with Gasteiger partial charge in [0.2, 0.25) is 0 Å². The molecule has 0 fully saturated rings. The van der Waals surface area contributed by atoms with E-state index >= 15 is 0 Å². The Hall–Kier alpha value is -0.460. The van der Waals surface area contributed by atoms with Crippen molar-refractivity contribution in [3.63, 3.8) is 0 Å². The summed E-state index contributed by atoms with van der Waals surface area (Å²) in [5.41, 5.74) is 0. The van der Waals surface area contributed by atoms with E-state index in [-0.39, 0.29) is 0 Å². The normalized spacial score (nSPS) is 7.81. The molecule has 1 rings (SSSR count). The lowest BCUT2D eigenvalue weighted by molar-refractivity contribution is 0.403. The minimum Gasteiger partial charge on any atom is -0.250 e. The number of pyridine rings is 1. The number of thioether (sulfide) groups is 1. The van der Waals surface area contributed by atoms with E-state index in [1.54, 1.807) is 18.0 Å². The molecular weight excluding hydrogens is 276 g/mol.